The molecule has 12 bridgehead atoms. The van der Waals surface area contributed by atoms with Crippen molar-refractivity contribution in [2.24, 2.45) is 0 Å². The number of ether oxygens (including phenoxy) is 12. The minimum atomic E-state index is -1.13. The maximum absolute atomic E-state index is 5.84. The Morgan fingerprint density at radius 1 is 0.131 bits per heavy atom. The molecule has 0 aliphatic heterocycles. The molecule has 0 aromatic rings. The molecule has 0 saturated heterocycles. The van der Waals surface area contributed by atoms with Crippen LogP contribution in [0.15, 0.2) is 146 Å². The van der Waals surface area contributed by atoms with Crippen molar-refractivity contribution in [2.75, 3.05) is 85.3 Å². The fourth-order valence-corrected chi connectivity index (χ4v) is 8.43. The zero-order chi connectivity index (χ0) is 60.4. The molecule has 0 aromatic carbocycles. The number of methoxy groups -OCH3 is 12. The van der Waals surface area contributed by atoms with Crippen molar-refractivity contribution in [3.63, 3.8) is 0 Å². The van der Waals surface area contributed by atoms with Crippen LogP contribution in [0.4, 0.5) is 0 Å². The van der Waals surface area contributed by atoms with E-state index in [-0.39, 0.29) is 0 Å². The Balaban J connectivity index is 1.21. The predicted octanol–water partition coefficient (Wildman–Crippen LogP) is 5.42. The molecule has 0 N–H and O–H groups in total. The van der Waals surface area contributed by atoms with Gasteiger partial charge in [0.1, 0.15) is 0 Å². The molecule has 0 fully saturated rings. The van der Waals surface area contributed by atoms with E-state index in [2.05, 4.69) is 142 Å². The molecule has 420 valence electrons. The van der Waals surface area contributed by atoms with Crippen LogP contribution in [0.5, 0.6) is 0 Å². The number of hydrogen-bond donors (Lipinski definition) is 0. The van der Waals surface area contributed by atoms with Gasteiger partial charge >= 0.3 is 0 Å². The molecule has 0 amide bonds. The normalized spacial score (nSPS) is 36.4. The van der Waals surface area contributed by atoms with Crippen LogP contribution in [-0.2, 0) is 56.8 Å². The maximum Gasteiger partial charge on any atom is 0.166 e. The summed E-state index contributed by atoms with van der Waals surface area (Å²) in [7, 11) is 18.5. The van der Waals surface area contributed by atoms with E-state index in [0.29, 0.717) is 0 Å². The summed E-state index contributed by atoms with van der Waals surface area (Å²) in [5, 5.41) is 0. The fourth-order valence-electron chi connectivity index (χ4n) is 8.43. The summed E-state index contributed by atoms with van der Waals surface area (Å²) < 4.78 is 70.1. The Hall–Kier alpha value is -8.88. The fraction of sp³-hybridized carbons (Fsp3) is 0.333. The van der Waals surface area contributed by atoms with Crippen molar-refractivity contribution in [3.05, 3.63) is 146 Å². The van der Waals surface area contributed by atoms with Crippen LogP contribution < -0.4 is 0 Å². The molecule has 16 aliphatic carbocycles. The van der Waals surface area contributed by atoms with Crippen LogP contribution in [0.2, 0.25) is 0 Å². The van der Waals surface area contributed by atoms with E-state index in [4.69, 9.17) is 56.8 Å². The molecular weight excluding hydrogens is 1060 g/mol. The van der Waals surface area contributed by atoms with E-state index < -0.39 is 67.2 Å². The van der Waals surface area contributed by atoms with Gasteiger partial charge in [-0.3, -0.25) is 0 Å². The Bertz CT molecular complexity index is 2850. The highest BCUT2D eigenvalue weighted by molar-refractivity contribution is 5.56. The van der Waals surface area contributed by atoms with Gasteiger partial charge in [-0.2, -0.15) is 0 Å². The Morgan fingerprint density at radius 2 is 0.190 bits per heavy atom. The summed E-state index contributed by atoms with van der Waals surface area (Å²) in [6, 6.07) is 0. The van der Waals surface area contributed by atoms with Gasteiger partial charge in [0.05, 0.1) is 0 Å². The second kappa shape index (κ2) is 26.1. The van der Waals surface area contributed by atoms with Crippen molar-refractivity contribution in [1.82, 2.24) is 0 Å². The number of hydrogen-bond acceptors (Lipinski definition) is 12. The topological polar surface area (TPSA) is 111 Å². The zero-order valence-corrected chi connectivity index (χ0v) is 48.8. The van der Waals surface area contributed by atoms with Crippen LogP contribution >= 0.6 is 0 Å². The average molecular weight is 1120 g/mol. The summed E-state index contributed by atoms with van der Waals surface area (Å²) in [4.78, 5) is 0. The first-order chi connectivity index (χ1) is 40.5. The van der Waals surface area contributed by atoms with Gasteiger partial charge in [-0.25, -0.2) is 0 Å². The summed E-state index contributed by atoms with van der Waals surface area (Å²) in [5.74, 6) is 72.1. The van der Waals surface area contributed by atoms with Crippen molar-refractivity contribution in [3.8, 4) is 142 Å². The second-order valence-corrected chi connectivity index (χ2v) is 19.0. The largest absolute Gasteiger partial charge is 0.358 e. The third kappa shape index (κ3) is 13.9. The first-order valence-electron chi connectivity index (χ1n) is 25.8. The van der Waals surface area contributed by atoms with Crippen LogP contribution in [0.1, 0.15) is 0 Å². The van der Waals surface area contributed by atoms with Gasteiger partial charge in [0.15, 0.2) is 67.2 Å². The molecule has 12 nitrogen and oxygen atoms in total. The van der Waals surface area contributed by atoms with E-state index in [1.54, 1.807) is 231 Å². The minimum absolute atomic E-state index is 1.13. The summed E-state index contributed by atoms with van der Waals surface area (Å²) in [5.41, 5.74) is -13.6. The molecule has 0 unspecified atom stereocenters. The number of rotatable bonds is 12. The Kier molecular flexibility index (Phi) is 19.5. The molecule has 0 radical (unpaired) electrons. The smallest absolute Gasteiger partial charge is 0.166 e. The Labute approximate surface area is 495 Å². The van der Waals surface area contributed by atoms with Gasteiger partial charge in [0, 0.05) is 85.3 Å². The van der Waals surface area contributed by atoms with E-state index in [1.165, 1.54) is 0 Å². The molecule has 0 spiro atoms. The lowest BCUT2D eigenvalue weighted by Crippen LogP contribution is -2.35. The predicted molar refractivity (Wildman–Crippen MR) is 320 cm³/mol. The summed E-state index contributed by atoms with van der Waals surface area (Å²) in [6.07, 6.45) is 41.9. The molecule has 12 heteroatoms. The molecule has 16 rings (SSSR count). The quantitative estimate of drug-likeness (QED) is 0.184. The van der Waals surface area contributed by atoms with Crippen LogP contribution in [-0.4, -0.2) is 153 Å². The average Bonchev–Trinajstić information content (AvgIpc) is 3.74. The molecule has 16 aliphatic rings. The van der Waals surface area contributed by atoms with Gasteiger partial charge in [0.2, 0.25) is 0 Å². The second-order valence-electron chi connectivity index (χ2n) is 19.0. The lowest BCUT2D eigenvalue weighted by Gasteiger charge is -2.29. The monoisotopic (exact) mass is 1120 g/mol. The Morgan fingerprint density at radius 3 is 0.238 bits per heavy atom. The van der Waals surface area contributed by atoms with Crippen LogP contribution in [0.3, 0.4) is 0 Å². The molecule has 84 heavy (non-hydrogen) atoms. The van der Waals surface area contributed by atoms with Gasteiger partial charge in [0.25, 0.3) is 0 Å². The maximum atomic E-state index is 5.84. The standard InChI is InChI=1S/C72H60O12/c1-73-61-25-13-14-26-63(75-3)41-43-65(77-5,44-42-63)29-17-18-30-67(79-7)49-51-69(81-9,52-50-67)33-21-22-34-71(83-11)57-59-72(84-12,60-58-71)36-24-23-35-70(82-10)55-53-68(80-8,54-56-70)32-20-19-31-66(78-6)47-45-64(76-4,46-48-66)28-16-15-27-62(74-2,39-37-61)40-38-61/h37-60H,1-12H3. The van der Waals surface area contributed by atoms with E-state index in [9.17, 15) is 0 Å². The first kappa shape index (κ1) is 62.7. The highest BCUT2D eigenvalue weighted by atomic mass is 16.5. The van der Waals surface area contributed by atoms with Crippen molar-refractivity contribution in [2.45, 2.75) is 67.2 Å². The molecule has 0 aromatic heterocycles. The van der Waals surface area contributed by atoms with E-state index >= 15 is 0 Å². The third-order valence-electron chi connectivity index (χ3n) is 14.5. The molecule has 0 heterocycles. The SMILES string of the molecule is COC12C#CC#CC3(OC)C=CC(OC)(C#CC#CC4(OC)C=CC(OC)(C#CC#CC5(OC)C=CC(OC)(C#CC#CC6(OC)C=CC(OC)(C#CC#CC7(OC)C=CC(OC)(C#CC#CC(OC)(C=C1)C=C2)C=C7)C=C6)C=C5)C=C4)C=C3. The van der Waals surface area contributed by atoms with Gasteiger partial charge < -0.3 is 56.8 Å². The zero-order valence-electron chi connectivity index (χ0n) is 48.8. The van der Waals surface area contributed by atoms with E-state index in [1.807, 2.05) is 0 Å². The lowest BCUT2D eigenvalue weighted by molar-refractivity contribution is 0.0950. The lowest BCUT2D eigenvalue weighted by atomic mass is 9.88. The van der Waals surface area contributed by atoms with Crippen molar-refractivity contribution in [1.29, 1.82) is 0 Å². The van der Waals surface area contributed by atoms with Crippen molar-refractivity contribution < 1.29 is 56.8 Å². The molecular formula is C72H60O12. The highest BCUT2D eigenvalue weighted by Gasteiger charge is 2.37. The first-order valence-corrected chi connectivity index (χ1v) is 25.8. The summed E-state index contributed by atoms with van der Waals surface area (Å²) in [6.45, 7) is 0. The van der Waals surface area contributed by atoms with Crippen LogP contribution in [0.25, 0.3) is 0 Å². The third-order valence-corrected chi connectivity index (χ3v) is 14.5. The van der Waals surface area contributed by atoms with Crippen LogP contribution in [0, 0.1) is 142 Å². The van der Waals surface area contributed by atoms with E-state index in [0.717, 1.165) is 0 Å². The summed E-state index contributed by atoms with van der Waals surface area (Å²) >= 11 is 0. The highest BCUT2D eigenvalue weighted by Crippen LogP contribution is 2.32. The van der Waals surface area contributed by atoms with Gasteiger partial charge in [-0.1, -0.05) is 0 Å². The van der Waals surface area contributed by atoms with Gasteiger partial charge in [-0.15, -0.1) is 0 Å². The molecule has 0 atom stereocenters. The van der Waals surface area contributed by atoms with Crippen molar-refractivity contribution >= 4 is 0 Å². The minimum Gasteiger partial charge on any atom is -0.358 e. The van der Waals surface area contributed by atoms with Gasteiger partial charge in [-0.05, 0) is 288 Å². The molecule has 0 saturated carbocycles.